The highest BCUT2D eigenvalue weighted by molar-refractivity contribution is 9.10. The maximum Gasteiger partial charge on any atom is 0.416 e. The minimum absolute atomic E-state index is 0.0261. The van der Waals surface area contributed by atoms with Crippen LogP contribution in [0, 0.1) is 5.92 Å². The van der Waals surface area contributed by atoms with Gasteiger partial charge in [-0.2, -0.15) is 13.2 Å². The first-order valence-corrected chi connectivity index (χ1v) is 13.1. The number of halogens is 5. The van der Waals surface area contributed by atoms with Gasteiger partial charge in [-0.25, -0.2) is 15.0 Å². The number of carbonyl (C=O) groups excluding carboxylic acids is 1. The number of benzene rings is 1. The lowest BCUT2D eigenvalue weighted by molar-refractivity contribution is -0.137. The van der Waals surface area contributed by atoms with Crippen LogP contribution in [0.25, 0.3) is 11.3 Å². The van der Waals surface area contributed by atoms with Gasteiger partial charge in [0.25, 0.3) is 0 Å². The van der Waals surface area contributed by atoms with E-state index in [1.807, 2.05) is 0 Å². The van der Waals surface area contributed by atoms with E-state index in [2.05, 4.69) is 49.6 Å². The van der Waals surface area contributed by atoms with E-state index in [1.165, 1.54) is 23.7 Å². The Bertz CT molecular complexity index is 1220. The molecular formula is C24H23BrClF3N4OS. The topological polar surface area (TPSA) is 59.0 Å². The predicted molar refractivity (Wildman–Crippen MR) is 134 cm³/mol. The summed E-state index contributed by atoms with van der Waals surface area (Å²) in [6.07, 6.45) is 0.253. The zero-order valence-corrected chi connectivity index (χ0v) is 22.2. The molecule has 0 N–H and O–H groups in total. The fourth-order valence-electron chi connectivity index (χ4n) is 4.37. The van der Waals surface area contributed by atoms with Crippen molar-refractivity contribution in [2.24, 2.45) is 5.92 Å². The molecule has 3 aromatic rings. The number of aromatic nitrogens is 3. The molecule has 1 saturated heterocycles. The van der Waals surface area contributed by atoms with Crippen molar-refractivity contribution in [2.45, 2.75) is 51.9 Å². The van der Waals surface area contributed by atoms with E-state index in [0.29, 0.717) is 39.2 Å². The molecule has 35 heavy (non-hydrogen) atoms. The van der Waals surface area contributed by atoms with Crippen molar-refractivity contribution in [3.8, 4) is 11.3 Å². The summed E-state index contributed by atoms with van der Waals surface area (Å²) in [5.74, 6) is 0.175. The highest BCUT2D eigenvalue weighted by atomic mass is 79.9. The molecule has 11 heteroatoms. The van der Waals surface area contributed by atoms with E-state index in [0.717, 1.165) is 36.4 Å². The van der Waals surface area contributed by atoms with Crippen LogP contribution >= 0.6 is 38.9 Å². The molecule has 0 amide bonds. The number of hydrogen-bond donors (Lipinski definition) is 0. The molecule has 5 nitrogen and oxygen atoms in total. The molecule has 1 aliphatic rings. The number of Topliss-reactive ketones (excluding diaryl/α,β-unsaturated/α-hetero) is 1. The lowest BCUT2D eigenvalue weighted by atomic mass is 10.0. The van der Waals surface area contributed by atoms with Gasteiger partial charge in [0.15, 0.2) is 5.78 Å². The summed E-state index contributed by atoms with van der Waals surface area (Å²) in [6, 6.07) is 4.19. The Balaban J connectivity index is 1.71. The van der Waals surface area contributed by atoms with E-state index < -0.39 is 11.7 Å². The van der Waals surface area contributed by atoms with Crippen molar-refractivity contribution < 1.29 is 18.0 Å². The van der Waals surface area contributed by atoms with Crippen molar-refractivity contribution in [3.63, 3.8) is 0 Å². The van der Waals surface area contributed by atoms with Crippen LogP contribution in [0.5, 0.6) is 0 Å². The largest absolute Gasteiger partial charge is 0.416 e. The van der Waals surface area contributed by atoms with Crippen molar-refractivity contribution >= 4 is 44.7 Å². The Morgan fingerprint density at radius 2 is 2.03 bits per heavy atom. The minimum Gasteiger partial charge on any atom is -0.295 e. The zero-order chi connectivity index (χ0) is 25.3. The molecule has 0 unspecified atom stereocenters. The van der Waals surface area contributed by atoms with Crippen molar-refractivity contribution in [3.05, 3.63) is 61.4 Å². The third-order valence-electron chi connectivity index (χ3n) is 5.99. The average molecular weight is 588 g/mol. The van der Waals surface area contributed by atoms with Gasteiger partial charge in [-0.15, -0.1) is 11.3 Å². The number of thiazole rings is 1. The average Bonchev–Trinajstić information content (AvgIpc) is 3.40. The number of rotatable bonds is 7. The first-order valence-electron chi connectivity index (χ1n) is 11.1. The first kappa shape index (κ1) is 26.2. The Hall–Kier alpha value is -1.88. The number of nitrogens with zero attached hydrogens (tertiary/aromatic N) is 4. The lowest BCUT2D eigenvalue weighted by Gasteiger charge is -2.27. The van der Waals surface area contributed by atoms with Crippen LogP contribution in [0.4, 0.5) is 13.2 Å². The molecule has 0 aliphatic carbocycles. The van der Waals surface area contributed by atoms with E-state index >= 15 is 0 Å². The van der Waals surface area contributed by atoms with Crippen LogP contribution in [0.3, 0.4) is 0 Å². The molecule has 1 atom stereocenters. The van der Waals surface area contributed by atoms with Gasteiger partial charge in [0.2, 0.25) is 0 Å². The Kier molecular flexibility index (Phi) is 7.95. The fraction of sp³-hybridized carbons (Fsp3) is 0.417. The number of carbonyl (C=O) groups is 1. The SMILES string of the molecule is CC(C)[C@@H]1CCCN1Cc1sc(CC(=O)c2cnc(Cl)cn2)nc1-c1cc(Br)cc(C(F)(F)F)c1. The highest BCUT2D eigenvalue weighted by Crippen LogP contribution is 2.38. The van der Waals surface area contributed by atoms with Crippen molar-refractivity contribution in [1.82, 2.24) is 19.9 Å². The van der Waals surface area contributed by atoms with Gasteiger partial charge in [0, 0.05) is 27.5 Å². The molecule has 1 aliphatic heterocycles. The molecule has 2 aromatic heterocycles. The molecule has 0 saturated carbocycles. The van der Waals surface area contributed by atoms with Crippen LogP contribution < -0.4 is 0 Å². The molecule has 4 rings (SSSR count). The van der Waals surface area contributed by atoms with Gasteiger partial charge in [-0.1, -0.05) is 41.4 Å². The van der Waals surface area contributed by atoms with E-state index in [9.17, 15) is 18.0 Å². The molecule has 3 heterocycles. The van der Waals surface area contributed by atoms with Gasteiger partial charge in [0.1, 0.15) is 15.9 Å². The van der Waals surface area contributed by atoms with E-state index in [-0.39, 0.29) is 23.1 Å². The highest BCUT2D eigenvalue weighted by Gasteiger charge is 2.33. The quantitative estimate of drug-likeness (QED) is 0.277. The summed E-state index contributed by atoms with van der Waals surface area (Å²) in [5, 5.41) is 0.700. The summed E-state index contributed by atoms with van der Waals surface area (Å²) in [4.78, 5) is 28.5. The Morgan fingerprint density at radius 3 is 2.69 bits per heavy atom. The smallest absolute Gasteiger partial charge is 0.295 e. The van der Waals surface area contributed by atoms with Crippen molar-refractivity contribution in [2.75, 3.05) is 6.54 Å². The molecule has 1 aromatic carbocycles. The lowest BCUT2D eigenvalue weighted by Crippen LogP contribution is -2.32. The summed E-state index contributed by atoms with van der Waals surface area (Å²) >= 11 is 10.3. The van der Waals surface area contributed by atoms with Gasteiger partial charge in [-0.05, 0) is 43.5 Å². The molecule has 0 bridgehead atoms. The predicted octanol–water partition coefficient (Wildman–Crippen LogP) is 7.08. The number of ketones is 1. The third-order valence-corrected chi connectivity index (χ3v) is 7.68. The van der Waals surface area contributed by atoms with Crippen molar-refractivity contribution in [1.29, 1.82) is 0 Å². The van der Waals surface area contributed by atoms with E-state index in [1.54, 1.807) is 6.07 Å². The first-order chi connectivity index (χ1) is 16.5. The second-order valence-electron chi connectivity index (χ2n) is 8.85. The number of alkyl halides is 3. The van der Waals surface area contributed by atoms with Gasteiger partial charge >= 0.3 is 6.18 Å². The zero-order valence-electron chi connectivity index (χ0n) is 19.1. The van der Waals surface area contributed by atoms with Crippen LogP contribution in [0.15, 0.2) is 35.1 Å². The third kappa shape index (κ3) is 6.28. The maximum absolute atomic E-state index is 13.5. The molecule has 1 fully saturated rings. The molecule has 0 radical (unpaired) electrons. The monoisotopic (exact) mass is 586 g/mol. The summed E-state index contributed by atoms with van der Waals surface area (Å²) < 4.78 is 40.9. The fourth-order valence-corrected chi connectivity index (χ4v) is 6.08. The maximum atomic E-state index is 13.5. The van der Waals surface area contributed by atoms with Gasteiger partial charge in [0.05, 0.1) is 30.1 Å². The van der Waals surface area contributed by atoms with Gasteiger partial charge in [-0.3, -0.25) is 9.69 Å². The van der Waals surface area contributed by atoms with Crippen LogP contribution in [0.1, 0.15) is 52.6 Å². The summed E-state index contributed by atoms with van der Waals surface area (Å²) in [6.45, 7) is 5.84. The second kappa shape index (κ2) is 10.6. The second-order valence-corrected chi connectivity index (χ2v) is 11.3. The Labute approximate surface area is 218 Å². The van der Waals surface area contributed by atoms with Gasteiger partial charge < -0.3 is 0 Å². The van der Waals surface area contributed by atoms with Crippen LogP contribution in [-0.2, 0) is 19.1 Å². The normalized spacial score (nSPS) is 16.9. The standard InChI is InChI=1S/C24H23BrClF3N4OS/c1-13(2)18-4-3-5-33(18)12-20-23(14-6-15(24(27,28)29)8-16(25)7-14)32-22(35-20)9-19(34)17-10-31-21(26)11-30-17/h6-8,10-11,13,18H,3-5,9,12H2,1-2H3/t18-/m0/s1. The summed E-state index contributed by atoms with van der Waals surface area (Å²) in [7, 11) is 0. The minimum atomic E-state index is -4.49. The van der Waals surface area contributed by atoms with E-state index in [4.69, 9.17) is 11.6 Å². The molecule has 186 valence electrons. The molecular weight excluding hydrogens is 565 g/mol. The molecule has 0 spiro atoms. The van der Waals surface area contributed by atoms with Crippen LogP contribution in [0.2, 0.25) is 5.15 Å². The summed E-state index contributed by atoms with van der Waals surface area (Å²) in [5.41, 5.74) is 0.245. The number of hydrogen-bond acceptors (Lipinski definition) is 6. The van der Waals surface area contributed by atoms with Crippen LogP contribution in [-0.4, -0.2) is 38.2 Å². The Morgan fingerprint density at radius 1 is 1.26 bits per heavy atom. The number of likely N-dealkylation sites (tertiary alicyclic amines) is 1.